The van der Waals surface area contributed by atoms with Gasteiger partial charge >= 0.3 is 0 Å². The van der Waals surface area contributed by atoms with Crippen LogP contribution in [-0.2, 0) is 11.2 Å². The monoisotopic (exact) mass is 298 g/mol. The van der Waals surface area contributed by atoms with E-state index in [1.807, 2.05) is 43.5 Å². The van der Waals surface area contributed by atoms with Crippen LogP contribution in [0.3, 0.4) is 0 Å². The zero-order valence-electron chi connectivity index (χ0n) is 12.8. The molecule has 0 saturated heterocycles. The van der Waals surface area contributed by atoms with Crippen LogP contribution in [0.4, 0.5) is 0 Å². The van der Waals surface area contributed by atoms with Crippen LogP contribution < -0.4 is 11.1 Å². The number of carbonyl (C=O) groups is 1. The van der Waals surface area contributed by atoms with Crippen molar-refractivity contribution in [1.29, 1.82) is 0 Å². The van der Waals surface area contributed by atoms with Crippen LogP contribution in [0.1, 0.15) is 25.3 Å². The first-order chi connectivity index (χ1) is 10.6. The summed E-state index contributed by atoms with van der Waals surface area (Å²) in [5.41, 5.74) is 7.45. The van der Waals surface area contributed by atoms with Gasteiger partial charge in [0.2, 0.25) is 5.91 Å². The second-order valence-corrected chi connectivity index (χ2v) is 6.25. The summed E-state index contributed by atoms with van der Waals surface area (Å²) >= 11 is 0. The number of hydrogen-bond donors (Lipinski definition) is 2. The molecule has 1 saturated carbocycles. The lowest BCUT2D eigenvalue weighted by Crippen LogP contribution is -2.53. The van der Waals surface area contributed by atoms with Crippen LogP contribution in [-0.4, -0.2) is 27.8 Å². The maximum absolute atomic E-state index is 12.3. The van der Waals surface area contributed by atoms with Gasteiger partial charge in [0.15, 0.2) is 0 Å². The van der Waals surface area contributed by atoms with Gasteiger partial charge in [0.05, 0.1) is 23.8 Å². The summed E-state index contributed by atoms with van der Waals surface area (Å²) in [7, 11) is 0. The third-order valence-electron chi connectivity index (χ3n) is 4.35. The summed E-state index contributed by atoms with van der Waals surface area (Å²) in [5.74, 6) is 0.529. The van der Waals surface area contributed by atoms with Crippen LogP contribution in [0.25, 0.3) is 5.69 Å². The number of carbonyl (C=O) groups excluding carboxylic acids is 1. The molecule has 1 fully saturated rings. The van der Waals surface area contributed by atoms with E-state index >= 15 is 0 Å². The molecular weight excluding hydrogens is 276 g/mol. The number of hydrogen-bond acceptors (Lipinski definition) is 3. The van der Waals surface area contributed by atoms with E-state index in [4.69, 9.17) is 5.73 Å². The molecular formula is C17H22N4O. The van der Waals surface area contributed by atoms with E-state index in [-0.39, 0.29) is 11.4 Å². The molecule has 3 N–H and O–H groups in total. The van der Waals surface area contributed by atoms with Gasteiger partial charge in [-0.1, -0.05) is 18.2 Å². The summed E-state index contributed by atoms with van der Waals surface area (Å²) in [6, 6.07) is 9.86. The fourth-order valence-electron chi connectivity index (χ4n) is 2.76. The number of benzene rings is 1. The minimum Gasteiger partial charge on any atom is -0.349 e. The van der Waals surface area contributed by atoms with E-state index < -0.39 is 0 Å². The molecule has 3 rings (SSSR count). The number of aromatic nitrogens is 2. The van der Waals surface area contributed by atoms with Gasteiger partial charge in [-0.25, -0.2) is 4.68 Å². The molecule has 1 aliphatic carbocycles. The molecule has 116 valence electrons. The molecule has 1 heterocycles. The Kier molecular flexibility index (Phi) is 3.98. The first-order valence-electron chi connectivity index (χ1n) is 7.71. The maximum atomic E-state index is 12.3. The van der Waals surface area contributed by atoms with E-state index in [9.17, 15) is 4.79 Å². The summed E-state index contributed by atoms with van der Waals surface area (Å²) in [6.45, 7) is 2.52. The second-order valence-electron chi connectivity index (χ2n) is 6.25. The smallest absolute Gasteiger partial charge is 0.225 e. The first kappa shape index (κ1) is 14.8. The average Bonchev–Trinajstić information content (AvgIpc) is 3.29. The van der Waals surface area contributed by atoms with Gasteiger partial charge in [-0.05, 0) is 43.4 Å². The van der Waals surface area contributed by atoms with E-state index in [0.717, 1.165) is 24.1 Å². The predicted molar refractivity (Wildman–Crippen MR) is 85.6 cm³/mol. The molecule has 0 spiro atoms. The molecule has 22 heavy (non-hydrogen) atoms. The highest BCUT2D eigenvalue weighted by Crippen LogP contribution is 2.38. The van der Waals surface area contributed by atoms with Gasteiger partial charge in [0, 0.05) is 12.7 Å². The Labute approximate surface area is 130 Å². The standard InChI is InChI=1S/C17H22N4O/c1-17(12-18,14-7-8-14)20-16(22)9-13-10-19-21(11-13)15-5-3-2-4-6-15/h2-6,10-11,14H,7-9,12,18H2,1H3,(H,20,22). The molecule has 1 atom stereocenters. The topological polar surface area (TPSA) is 72.9 Å². The lowest BCUT2D eigenvalue weighted by Gasteiger charge is -2.29. The molecule has 1 aliphatic rings. The van der Waals surface area contributed by atoms with E-state index in [1.165, 1.54) is 0 Å². The minimum atomic E-state index is -0.271. The molecule has 5 nitrogen and oxygen atoms in total. The Morgan fingerprint density at radius 1 is 1.41 bits per heavy atom. The molecule has 0 bridgehead atoms. The Bertz CT molecular complexity index is 648. The van der Waals surface area contributed by atoms with Crippen molar-refractivity contribution in [1.82, 2.24) is 15.1 Å². The fraction of sp³-hybridized carbons (Fsp3) is 0.412. The van der Waals surface area contributed by atoms with Gasteiger partial charge in [-0.3, -0.25) is 4.79 Å². The molecule has 1 unspecified atom stereocenters. The fourth-order valence-corrected chi connectivity index (χ4v) is 2.76. The highest BCUT2D eigenvalue weighted by Gasteiger charge is 2.41. The van der Waals surface area contributed by atoms with Crippen LogP contribution >= 0.6 is 0 Å². The van der Waals surface area contributed by atoms with E-state index in [0.29, 0.717) is 18.9 Å². The quantitative estimate of drug-likeness (QED) is 0.852. The third-order valence-corrected chi connectivity index (χ3v) is 4.35. The number of nitrogens with zero attached hydrogens (tertiary/aromatic N) is 2. The Hall–Kier alpha value is -2.14. The predicted octanol–water partition coefficient (Wildman–Crippen LogP) is 1.66. The van der Waals surface area contributed by atoms with Crippen molar-refractivity contribution in [2.45, 2.75) is 31.7 Å². The molecule has 1 aromatic heterocycles. The van der Waals surface area contributed by atoms with Gasteiger partial charge in [0.25, 0.3) is 0 Å². The van der Waals surface area contributed by atoms with Crippen LogP contribution in [0.2, 0.25) is 0 Å². The number of para-hydroxylation sites is 1. The summed E-state index contributed by atoms with van der Waals surface area (Å²) in [6.07, 6.45) is 6.27. The highest BCUT2D eigenvalue weighted by molar-refractivity contribution is 5.79. The van der Waals surface area contributed by atoms with E-state index in [1.54, 1.807) is 10.9 Å². The molecule has 1 aromatic carbocycles. The van der Waals surface area contributed by atoms with Crippen LogP contribution in [0.15, 0.2) is 42.7 Å². The Morgan fingerprint density at radius 2 is 2.14 bits per heavy atom. The molecule has 0 radical (unpaired) electrons. The average molecular weight is 298 g/mol. The normalized spacial score (nSPS) is 17.0. The number of nitrogens with one attached hydrogen (secondary N) is 1. The maximum Gasteiger partial charge on any atom is 0.225 e. The van der Waals surface area contributed by atoms with E-state index in [2.05, 4.69) is 10.4 Å². The number of nitrogens with two attached hydrogens (primary N) is 1. The summed E-state index contributed by atoms with van der Waals surface area (Å²) in [4.78, 5) is 12.3. The number of rotatable bonds is 6. The lowest BCUT2D eigenvalue weighted by atomic mass is 9.95. The summed E-state index contributed by atoms with van der Waals surface area (Å²) in [5, 5.41) is 7.42. The van der Waals surface area contributed by atoms with Crippen molar-refractivity contribution in [3.8, 4) is 5.69 Å². The SMILES string of the molecule is CC(CN)(NC(=O)Cc1cnn(-c2ccccc2)c1)C1CC1. The van der Waals surface area contributed by atoms with Gasteiger partial charge in [-0.15, -0.1) is 0 Å². The van der Waals surface area contributed by atoms with Gasteiger partial charge in [0.1, 0.15) is 0 Å². The van der Waals surface area contributed by atoms with Crippen molar-refractivity contribution in [3.63, 3.8) is 0 Å². The van der Waals surface area contributed by atoms with Gasteiger partial charge < -0.3 is 11.1 Å². The molecule has 5 heteroatoms. The Balaban J connectivity index is 1.64. The number of amides is 1. The summed E-state index contributed by atoms with van der Waals surface area (Å²) < 4.78 is 1.78. The largest absolute Gasteiger partial charge is 0.349 e. The van der Waals surface area contributed by atoms with Crippen molar-refractivity contribution in [3.05, 3.63) is 48.3 Å². The zero-order chi connectivity index (χ0) is 15.6. The molecule has 0 aliphatic heterocycles. The van der Waals surface area contributed by atoms with Crippen LogP contribution in [0, 0.1) is 5.92 Å². The van der Waals surface area contributed by atoms with Crippen LogP contribution in [0.5, 0.6) is 0 Å². The Morgan fingerprint density at radius 3 is 2.77 bits per heavy atom. The zero-order valence-corrected chi connectivity index (χ0v) is 12.8. The highest BCUT2D eigenvalue weighted by atomic mass is 16.1. The van der Waals surface area contributed by atoms with Gasteiger partial charge in [-0.2, -0.15) is 5.10 Å². The first-order valence-corrected chi connectivity index (χ1v) is 7.71. The van der Waals surface area contributed by atoms with Crippen molar-refractivity contribution < 1.29 is 4.79 Å². The van der Waals surface area contributed by atoms with Crippen molar-refractivity contribution in [2.75, 3.05) is 6.54 Å². The van der Waals surface area contributed by atoms with Crippen molar-refractivity contribution in [2.24, 2.45) is 11.7 Å². The minimum absolute atomic E-state index is 0.00691. The second kappa shape index (κ2) is 5.93. The van der Waals surface area contributed by atoms with Crippen molar-refractivity contribution >= 4 is 5.91 Å². The lowest BCUT2D eigenvalue weighted by molar-refractivity contribution is -0.122. The molecule has 2 aromatic rings. The third kappa shape index (κ3) is 3.20. The molecule has 1 amide bonds.